The Morgan fingerprint density at radius 3 is 2.24 bits per heavy atom. The van der Waals surface area contributed by atoms with Gasteiger partial charge < -0.3 is 5.11 Å². The molecule has 0 aliphatic rings. The highest BCUT2D eigenvalue weighted by Gasteiger charge is 2.14. The summed E-state index contributed by atoms with van der Waals surface area (Å²) in [7, 11) is -3.14. The van der Waals surface area contributed by atoms with Crippen LogP contribution in [-0.2, 0) is 15.6 Å². The van der Waals surface area contributed by atoms with E-state index in [0.29, 0.717) is 22.0 Å². The fraction of sp³-hybridized carbons (Fsp3) is 0.167. The van der Waals surface area contributed by atoms with Crippen LogP contribution in [-0.4, -0.2) is 57.5 Å². The van der Waals surface area contributed by atoms with E-state index < -0.39 is 15.8 Å². The number of nitrogens with zero attached hydrogens (tertiary/aromatic N) is 4. The maximum Gasteiger partial charge on any atom is 0.335 e. The number of hydrogen-bond donors (Lipinski definition) is 1. The second kappa shape index (κ2) is 8.53. The summed E-state index contributed by atoms with van der Waals surface area (Å²) in [6.07, 6.45) is 1.15. The van der Waals surface area contributed by atoms with Crippen molar-refractivity contribution in [1.82, 2.24) is 20.2 Å². The molecule has 1 N–H and O–H groups in total. The summed E-state index contributed by atoms with van der Waals surface area (Å²) < 4.78 is 24.1. The van der Waals surface area contributed by atoms with E-state index in [9.17, 15) is 18.0 Å². The lowest BCUT2D eigenvalue weighted by molar-refractivity contribution is 0.0696. The van der Waals surface area contributed by atoms with Gasteiger partial charge in [0.1, 0.15) is 0 Å². The third-order valence-corrected chi connectivity index (χ3v) is 5.61. The first-order valence-electron chi connectivity index (χ1n) is 8.28. The molecule has 0 saturated carbocycles. The molecule has 0 aliphatic carbocycles. The summed E-state index contributed by atoms with van der Waals surface area (Å²) in [6.45, 7) is 0. The number of tetrazole rings is 1. The molecule has 0 radical (unpaired) electrons. The molecule has 0 bridgehead atoms. The number of thioether (sulfide) groups is 1. The van der Waals surface area contributed by atoms with E-state index in [1.807, 2.05) is 0 Å². The normalized spacial score (nSPS) is 11.3. The number of sulfone groups is 1. The molecule has 0 unspecified atom stereocenters. The first-order valence-corrected chi connectivity index (χ1v) is 11.3. The van der Waals surface area contributed by atoms with Crippen molar-refractivity contribution in [2.75, 3.05) is 12.0 Å². The Bertz CT molecular complexity index is 1140. The maximum absolute atomic E-state index is 12.4. The Balaban J connectivity index is 1.67. The van der Waals surface area contributed by atoms with Crippen LogP contribution in [0.1, 0.15) is 26.3 Å². The number of hydrogen-bond acceptors (Lipinski definition) is 8. The minimum absolute atomic E-state index is 0.0777. The summed E-state index contributed by atoms with van der Waals surface area (Å²) in [6, 6.07) is 12.5. The number of benzene rings is 2. The summed E-state index contributed by atoms with van der Waals surface area (Å²) in [5, 5.41) is 20.7. The van der Waals surface area contributed by atoms with E-state index in [0.717, 1.165) is 18.0 Å². The Kier molecular flexibility index (Phi) is 6.09. The fourth-order valence-electron chi connectivity index (χ4n) is 2.48. The van der Waals surface area contributed by atoms with Crippen molar-refractivity contribution in [1.29, 1.82) is 0 Å². The minimum atomic E-state index is -3.14. The Hall–Kier alpha value is -3.05. The number of rotatable bonds is 8. The molecule has 0 amide bonds. The third-order valence-electron chi connectivity index (χ3n) is 3.84. The largest absolute Gasteiger partial charge is 0.478 e. The highest BCUT2D eigenvalue weighted by molar-refractivity contribution is 7.99. The van der Waals surface area contributed by atoms with E-state index in [1.165, 1.54) is 16.8 Å². The minimum Gasteiger partial charge on any atom is -0.478 e. The van der Waals surface area contributed by atoms with Gasteiger partial charge in [-0.25, -0.2) is 13.2 Å². The fourth-order valence-corrected chi connectivity index (χ4v) is 4.06. The van der Waals surface area contributed by atoms with Gasteiger partial charge in [-0.15, -0.1) is 5.10 Å². The number of carboxylic acids is 1. The molecule has 0 atom stereocenters. The smallest absolute Gasteiger partial charge is 0.335 e. The van der Waals surface area contributed by atoms with Crippen molar-refractivity contribution in [3.8, 4) is 5.69 Å². The van der Waals surface area contributed by atoms with Crippen LogP contribution in [0.4, 0.5) is 0 Å². The van der Waals surface area contributed by atoms with E-state index in [2.05, 4.69) is 15.5 Å². The molecule has 1 heterocycles. The highest BCUT2D eigenvalue weighted by atomic mass is 32.2. The van der Waals surface area contributed by atoms with Gasteiger partial charge in [-0.05, 0) is 40.3 Å². The van der Waals surface area contributed by atoms with Crippen LogP contribution in [0.5, 0.6) is 0 Å². The zero-order chi connectivity index (χ0) is 21.0. The molecule has 150 valence electrons. The molecule has 1 aromatic heterocycles. The molecule has 0 fully saturated rings. The number of carbonyl (C=O) groups is 2. The van der Waals surface area contributed by atoms with Crippen molar-refractivity contribution in [3.63, 3.8) is 0 Å². The summed E-state index contributed by atoms with van der Waals surface area (Å²) >= 11 is 1.14. The van der Waals surface area contributed by atoms with Gasteiger partial charge in [0, 0.05) is 11.8 Å². The highest BCUT2D eigenvalue weighted by Crippen LogP contribution is 2.20. The summed E-state index contributed by atoms with van der Waals surface area (Å²) in [4.78, 5) is 23.4. The molecule has 0 aliphatic heterocycles. The molecule has 2 aromatic carbocycles. The first-order chi connectivity index (χ1) is 13.7. The van der Waals surface area contributed by atoms with E-state index in [1.54, 1.807) is 36.4 Å². The number of Topliss-reactive ketones (excluding diaryl/α,β-unsaturated/α-hetero) is 1. The van der Waals surface area contributed by atoms with Crippen molar-refractivity contribution in [3.05, 3.63) is 65.2 Å². The molecule has 0 saturated heterocycles. The Morgan fingerprint density at radius 1 is 1.03 bits per heavy atom. The summed E-state index contributed by atoms with van der Waals surface area (Å²) in [5.41, 5.74) is 1.79. The standard InChI is InChI=1S/C18H16N4O5S2/c1-29(26,27)11-12-2-4-13(5-3-12)16(23)10-28-18-19-20-21-22(18)15-8-6-14(7-9-15)17(24)25/h2-9H,10-11H2,1H3,(H,24,25). The molecule has 11 heteroatoms. The van der Waals surface area contributed by atoms with Crippen LogP contribution in [0.3, 0.4) is 0 Å². The number of aromatic carboxylic acids is 1. The molecular formula is C18H16N4O5S2. The van der Waals surface area contributed by atoms with Gasteiger partial charge in [-0.1, -0.05) is 36.0 Å². The third kappa shape index (κ3) is 5.48. The van der Waals surface area contributed by atoms with Crippen molar-refractivity contribution < 1.29 is 23.1 Å². The van der Waals surface area contributed by atoms with E-state index in [4.69, 9.17) is 5.11 Å². The quantitative estimate of drug-likeness (QED) is 0.418. The van der Waals surface area contributed by atoms with Gasteiger partial charge in [-0.2, -0.15) is 4.68 Å². The van der Waals surface area contributed by atoms with Crippen LogP contribution < -0.4 is 0 Å². The van der Waals surface area contributed by atoms with Crippen LogP contribution in [0, 0.1) is 0 Å². The number of aromatic nitrogens is 4. The second-order valence-corrected chi connectivity index (χ2v) is 9.29. The van der Waals surface area contributed by atoms with Crippen LogP contribution in [0.2, 0.25) is 0 Å². The monoisotopic (exact) mass is 432 g/mol. The number of carboxylic acid groups (broad SMARTS) is 1. The van der Waals surface area contributed by atoms with Gasteiger partial charge in [0.15, 0.2) is 15.6 Å². The molecule has 29 heavy (non-hydrogen) atoms. The zero-order valence-corrected chi connectivity index (χ0v) is 16.9. The predicted molar refractivity (Wildman–Crippen MR) is 106 cm³/mol. The number of ketones is 1. The average Bonchev–Trinajstić information content (AvgIpc) is 3.14. The SMILES string of the molecule is CS(=O)(=O)Cc1ccc(C(=O)CSc2nnnn2-c2ccc(C(=O)O)cc2)cc1. The second-order valence-electron chi connectivity index (χ2n) is 6.20. The van der Waals surface area contributed by atoms with Gasteiger partial charge in [0.05, 0.1) is 22.8 Å². The first kappa shape index (κ1) is 20.7. The predicted octanol–water partition coefficient (Wildman–Crippen LogP) is 1.88. The molecular weight excluding hydrogens is 416 g/mol. The van der Waals surface area contributed by atoms with Crippen molar-refractivity contribution >= 4 is 33.4 Å². The van der Waals surface area contributed by atoms with Gasteiger partial charge in [0.2, 0.25) is 5.16 Å². The zero-order valence-electron chi connectivity index (χ0n) is 15.2. The Morgan fingerprint density at radius 2 is 1.66 bits per heavy atom. The lowest BCUT2D eigenvalue weighted by Gasteiger charge is -2.05. The van der Waals surface area contributed by atoms with Gasteiger partial charge in [-0.3, -0.25) is 4.79 Å². The lowest BCUT2D eigenvalue weighted by atomic mass is 10.1. The summed E-state index contributed by atoms with van der Waals surface area (Å²) in [5.74, 6) is -1.18. The van der Waals surface area contributed by atoms with E-state index >= 15 is 0 Å². The van der Waals surface area contributed by atoms with Crippen molar-refractivity contribution in [2.24, 2.45) is 0 Å². The van der Waals surface area contributed by atoms with Crippen LogP contribution in [0.25, 0.3) is 5.69 Å². The number of carbonyl (C=O) groups excluding carboxylic acids is 1. The molecule has 3 aromatic rings. The Labute approximate surface area is 170 Å². The molecule has 3 rings (SSSR count). The average molecular weight is 432 g/mol. The molecule has 0 spiro atoms. The maximum atomic E-state index is 12.4. The lowest BCUT2D eigenvalue weighted by Crippen LogP contribution is -2.06. The van der Waals surface area contributed by atoms with Crippen LogP contribution >= 0.6 is 11.8 Å². The van der Waals surface area contributed by atoms with Crippen molar-refractivity contribution in [2.45, 2.75) is 10.9 Å². The van der Waals surface area contributed by atoms with E-state index in [-0.39, 0.29) is 22.9 Å². The van der Waals surface area contributed by atoms with Crippen LogP contribution in [0.15, 0.2) is 53.7 Å². The van der Waals surface area contributed by atoms with Gasteiger partial charge >= 0.3 is 5.97 Å². The topological polar surface area (TPSA) is 132 Å². The van der Waals surface area contributed by atoms with Gasteiger partial charge in [0.25, 0.3) is 0 Å². The molecule has 9 nitrogen and oxygen atoms in total.